The minimum atomic E-state index is -1.00. The van der Waals surface area contributed by atoms with Crippen molar-refractivity contribution in [2.24, 2.45) is 5.92 Å². The molecule has 1 saturated heterocycles. The first-order valence-corrected chi connectivity index (χ1v) is 10.9. The summed E-state index contributed by atoms with van der Waals surface area (Å²) in [5, 5.41) is 3.81. The molecule has 3 heterocycles. The lowest BCUT2D eigenvalue weighted by Crippen LogP contribution is -2.52. The third-order valence-electron chi connectivity index (χ3n) is 5.69. The number of likely N-dealkylation sites (tertiary alicyclic amines) is 1. The molecule has 9 heteroatoms. The third kappa shape index (κ3) is 4.91. The fraction of sp³-hybridized carbons (Fsp3) is 0.348. The van der Waals surface area contributed by atoms with Crippen LogP contribution in [0.4, 0.5) is 8.78 Å². The number of aromatic amines is 1. The molecule has 1 fully saturated rings. The van der Waals surface area contributed by atoms with Crippen LogP contribution in [0.1, 0.15) is 35.8 Å². The van der Waals surface area contributed by atoms with Crippen molar-refractivity contribution in [2.75, 3.05) is 13.1 Å². The number of hydrogen-bond acceptors (Lipinski definition) is 3. The van der Waals surface area contributed by atoms with Crippen LogP contribution in [0.2, 0.25) is 5.02 Å². The fourth-order valence-electron chi connectivity index (χ4n) is 4.06. The minimum absolute atomic E-state index is 0.0914. The van der Waals surface area contributed by atoms with Crippen molar-refractivity contribution in [1.29, 1.82) is 0 Å². The van der Waals surface area contributed by atoms with E-state index in [9.17, 15) is 18.4 Å². The molecule has 0 radical (unpaired) electrons. The van der Waals surface area contributed by atoms with E-state index < -0.39 is 23.6 Å². The molecule has 168 valence electrons. The second-order valence-corrected chi connectivity index (χ2v) is 8.71. The number of H-pyrrole nitrogens is 1. The van der Waals surface area contributed by atoms with Gasteiger partial charge in [0.1, 0.15) is 29.0 Å². The fourth-order valence-corrected chi connectivity index (χ4v) is 4.23. The van der Waals surface area contributed by atoms with Gasteiger partial charge in [-0.05, 0) is 42.5 Å². The van der Waals surface area contributed by atoms with E-state index in [1.54, 1.807) is 17.0 Å². The van der Waals surface area contributed by atoms with Gasteiger partial charge in [0.25, 0.3) is 5.91 Å². The quantitative estimate of drug-likeness (QED) is 0.602. The van der Waals surface area contributed by atoms with E-state index in [1.807, 2.05) is 0 Å². The number of rotatable bonds is 5. The highest BCUT2D eigenvalue weighted by Gasteiger charge is 2.30. The van der Waals surface area contributed by atoms with Crippen molar-refractivity contribution in [1.82, 2.24) is 20.2 Å². The average Bonchev–Trinajstić information content (AvgIpc) is 3.18. The van der Waals surface area contributed by atoms with Gasteiger partial charge in [0, 0.05) is 37.2 Å². The van der Waals surface area contributed by atoms with Crippen LogP contribution < -0.4 is 5.32 Å². The molecule has 6 nitrogen and oxygen atoms in total. The van der Waals surface area contributed by atoms with Gasteiger partial charge in [0.15, 0.2) is 0 Å². The summed E-state index contributed by atoms with van der Waals surface area (Å²) >= 11 is 5.96. The summed E-state index contributed by atoms with van der Waals surface area (Å²) in [6, 6.07) is 5.46. The maximum Gasteiger partial charge on any atom is 0.268 e. The lowest BCUT2D eigenvalue weighted by atomic mass is 9.98. The Morgan fingerprint density at radius 1 is 1.31 bits per heavy atom. The molecule has 0 aliphatic carbocycles. The monoisotopic (exact) mass is 460 g/mol. The van der Waals surface area contributed by atoms with E-state index in [0.717, 1.165) is 25.0 Å². The van der Waals surface area contributed by atoms with Crippen molar-refractivity contribution in [3.05, 3.63) is 64.4 Å². The Morgan fingerprint density at radius 2 is 2.12 bits per heavy atom. The SMILES string of the molecule is CC1CCCN(C(=O)[C@H](Cc2ccc(F)cc2F)NC(=O)c2cc3cc(Cl)cnc3[nH]2)C1. The van der Waals surface area contributed by atoms with Crippen molar-refractivity contribution < 1.29 is 18.4 Å². The van der Waals surface area contributed by atoms with Crippen LogP contribution in [0, 0.1) is 17.6 Å². The molecule has 0 spiro atoms. The van der Waals surface area contributed by atoms with Crippen LogP contribution in [0.3, 0.4) is 0 Å². The van der Waals surface area contributed by atoms with Crippen molar-refractivity contribution in [3.8, 4) is 0 Å². The predicted molar refractivity (Wildman–Crippen MR) is 117 cm³/mol. The van der Waals surface area contributed by atoms with E-state index >= 15 is 0 Å². The summed E-state index contributed by atoms with van der Waals surface area (Å²) in [7, 11) is 0. The highest BCUT2D eigenvalue weighted by atomic mass is 35.5. The van der Waals surface area contributed by atoms with E-state index in [0.29, 0.717) is 35.1 Å². The summed E-state index contributed by atoms with van der Waals surface area (Å²) in [5.74, 6) is -1.92. The molecule has 1 aliphatic rings. The molecule has 32 heavy (non-hydrogen) atoms. The molecule has 3 aromatic rings. The first kappa shape index (κ1) is 22.2. The molecule has 2 atom stereocenters. The summed E-state index contributed by atoms with van der Waals surface area (Å²) < 4.78 is 27.6. The van der Waals surface area contributed by atoms with Crippen molar-refractivity contribution in [3.63, 3.8) is 0 Å². The zero-order valence-corrected chi connectivity index (χ0v) is 18.3. The molecule has 2 amide bonds. The third-order valence-corrected chi connectivity index (χ3v) is 5.90. The maximum absolute atomic E-state index is 14.3. The minimum Gasteiger partial charge on any atom is -0.341 e. The van der Waals surface area contributed by atoms with E-state index in [2.05, 4.69) is 22.2 Å². The number of piperidine rings is 1. The van der Waals surface area contributed by atoms with Crippen LogP contribution >= 0.6 is 11.6 Å². The molecule has 4 rings (SSSR count). The zero-order chi connectivity index (χ0) is 22.8. The molecule has 1 aliphatic heterocycles. The Hall–Kier alpha value is -3.00. The Kier molecular flexibility index (Phi) is 6.41. The van der Waals surface area contributed by atoms with Gasteiger partial charge < -0.3 is 15.2 Å². The second kappa shape index (κ2) is 9.24. The Labute approximate surface area is 189 Å². The van der Waals surface area contributed by atoms with E-state index in [4.69, 9.17) is 11.6 Å². The lowest BCUT2D eigenvalue weighted by Gasteiger charge is -2.34. The predicted octanol–water partition coefficient (Wildman–Crippen LogP) is 4.09. The van der Waals surface area contributed by atoms with Gasteiger partial charge in [-0.25, -0.2) is 13.8 Å². The number of aromatic nitrogens is 2. The Morgan fingerprint density at radius 3 is 2.88 bits per heavy atom. The number of benzene rings is 1. The van der Waals surface area contributed by atoms with Gasteiger partial charge in [0.05, 0.1) is 5.02 Å². The number of pyridine rings is 1. The number of halogens is 3. The number of amides is 2. The molecule has 1 aromatic carbocycles. The summed E-state index contributed by atoms with van der Waals surface area (Å²) in [5.41, 5.74) is 0.844. The van der Waals surface area contributed by atoms with Gasteiger partial charge in [-0.3, -0.25) is 9.59 Å². The smallest absolute Gasteiger partial charge is 0.268 e. The zero-order valence-electron chi connectivity index (χ0n) is 17.5. The van der Waals surface area contributed by atoms with Gasteiger partial charge in [-0.2, -0.15) is 0 Å². The number of nitrogens with one attached hydrogen (secondary N) is 2. The molecule has 2 aromatic heterocycles. The maximum atomic E-state index is 14.3. The van der Waals surface area contributed by atoms with Crippen LogP contribution in [-0.4, -0.2) is 45.8 Å². The first-order chi connectivity index (χ1) is 15.3. The number of carbonyl (C=O) groups is 2. The normalized spacial score (nSPS) is 17.4. The molecule has 0 saturated carbocycles. The van der Waals surface area contributed by atoms with Crippen LogP contribution in [0.15, 0.2) is 36.5 Å². The van der Waals surface area contributed by atoms with Crippen molar-refractivity contribution in [2.45, 2.75) is 32.2 Å². The van der Waals surface area contributed by atoms with Crippen LogP contribution in [0.25, 0.3) is 11.0 Å². The topological polar surface area (TPSA) is 78.1 Å². The molecule has 1 unspecified atom stereocenters. The average molecular weight is 461 g/mol. The van der Waals surface area contributed by atoms with Gasteiger partial charge in [0.2, 0.25) is 5.91 Å². The van der Waals surface area contributed by atoms with Gasteiger partial charge in [-0.1, -0.05) is 24.6 Å². The van der Waals surface area contributed by atoms with Gasteiger partial charge in [-0.15, -0.1) is 0 Å². The largest absolute Gasteiger partial charge is 0.341 e. The number of hydrogen-bond donors (Lipinski definition) is 2. The second-order valence-electron chi connectivity index (χ2n) is 8.27. The number of nitrogens with zero attached hydrogens (tertiary/aromatic N) is 2. The van der Waals surface area contributed by atoms with E-state index in [1.165, 1.54) is 12.3 Å². The van der Waals surface area contributed by atoms with Gasteiger partial charge >= 0.3 is 0 Å². The summed E-state index contributed by atoms with van der Waals surface area (Å²) in [4.78, 5) is 35.0. The molecule has 2 N–H and O–H groups in total. The highest BCUT2D eigenvalue weighted by Crippen LogP contribution is 2.20. The first-order valence-electron chi connectivity index (χ1n) is 10.5. The number of carbonyl (C=O) groups excluding carboxylic acids is 2. The standard InChI is InChI=1S/C23H23ClF2N4O2/c1-13-3-2-6-30(12-13)23(32)20(8-14-4-5-17(25)10-18(14)26)29-22(31)19-9-15-7-16(24)11-27-21(15)28-19/h4-5,7,9-11,13,20H,2-3,6,8,12H2,1H3,(H,27,28)(H,29,31)/t13?,20-/m0/s1. The van der Waals surface area contributed by atoms with Crippen LogP contribution in [0.5, 0.6) is 0 Å². The Balaban J connectivity index is 1.59. The molecular formula is C23H23ClF2N4O2. The Bertz CT molecular complexity index is 1170. The number of fused-ring (bicyclic) bond motifs is 1. The summed E-state index contributed by atoms with van der Waals surface area (Å²) in [6.45, 7) is 3.22. The summed E-state index contributed by atoms with van der Waals surface area (Å²) in [6.07, 6.45) is 3.26. The van der Waals surface area contributed by atoms with E-state index in [-0.39, 0.29) is 23.6 Å². The molecular weight excluding hydrogens is 438 g/mol. The van der Waals surface area contributed by atoms with Crippen LogP contribution in [-0.2, 0) is 11.2 Å². The van der Waals surface area contributed by atoms with Crippen molar-refractivity contribution >= 4 is 34.4 Å². The highest BCUT2D eigenvalue weighted by molar-refractivity contribution is 6.31. The molecule has 0 bridgehead atoms. The lowest BCUT2D eigenvalue weighted by molar-refractivity contribution is -0.135.